The number of likely N-dealkylation sites (tertiary alicyclic amines) is 1. The summed E-state index contributed by atoms with van der Waals surface area (Å²) in [7, 11) is 0. The lowest BCUT2D eigenvalue weighted by Crippen LogP contribution is -2.41. The molecule has 0 aromatic rings. The molecule has 0 aromatic carbocycles. The summed E-state index contributed by atoms with van der Waals surface area (Å²) in [6, 6.07) is -0.513. The quantitative estimate of drug-likeness (QED) is 0.332. The molecular weight excluding hydrogens is 272 g/mol. The van der Waals surface area contributed by atoms with Crippen molar-refractivity contribution in [3.8, 4) is 0 Å². The Balaban J connectivity index is 2.54. The van der Waals surface area contributed by atoms with Crippen LogP contribution >= 0.6 is 15.9 Å². The number of rotatable bonds is 5. The molecule has 1 heterocycles. The summed E-state index contributed by atoms with van der Waals surface area (Å²) >= 11 is 3.31. The van der Waals surface area contributed by atoms with Crippen molar-refractivity contribution in [2.75, 3.05) is 18.4 Å². The first-order valence-corrected chi connectivity index (χ1v) is 6.80. The first-order valence-electron chi connectivity index (χ1n) is 5.68. The van der Waals surface area contributed by atoms with Gasteiger partial charge < -0.3 is 4.90 Å². The molecule has 6 heteroatoms. The van der Waals surface area contributed by atoms with Crippen molar-refractivity contribution in [3.63, 3.8) is 0 Å². The van der Waals surface area contributed by atoms with E-state index in [1.807, 2.05) is 4.90 Å². The number of carbonyl (C=O) groups excluding carboxylic acids is 1. The number of nitrogens with zero attached hydrogens (tertiary/aromatic N) is 4. The molecular formula is C10H17BrN4O. The molecule has 1 aliphatic heterocycles. The Labute approximate surface area is 104 Å². The van der Waals surface area contributed by atoms with E-state index in [9.17, 15) is 4.79 Å². The maximum Gasteiger partial charge on any atom is 0.231 e. The molecule has 0 aliphatic carbocycles. The van der Waals surface area contributed by atoms with Gasteiger partial charge in [-0.05, 0) is 37.6 Å². The van der Waals surface area contributed by atoms with Crippen molar-refractivity contribution in [1.29, 1.82) is 0 Å². The highest BCUT2D eigenvalue weighted by atomic mass is 79.9. The third kappa shape index (κ3) is 4.02. The van der Waals surface area contributed by atoms with Gasteiger partial charge in [0.05, 0.1) is 0 Å². The van der Waals surface area contributed by atoms with Crippen LogP contribution < -0.4 is 0 Å². The third-order valence-corrected chi connectivity index (χ3v) is 3.32. The summed E-state index contributed by atoms with van der Waals surface area (Å²) in [5, 5.41) is 4.44. The minimum Gasteiger partial charge on any atom is -0.342 e. The van der Waals surface area contributed by atoms with Crippen LogP contribution in [-0.4, -0.2) is 35.3 Å². The zero-order valence-corrected chi connectivity index (χ0v) is 10.9. The van der Waals surface area contributed by atoms with E-state index in [1.54, 1.807) is 0 Å². The molecule has 16 heavy (non-hydrogen) atoms. The molecule has 1 rings (SSSR count). The Kier molecular flexibility index (Phi) is 6.26. The highest BCUT2D eigenvalue weighted by Gasteiger charge is 2.23. The normalized spacial score (nSPS) is 17.7. The molecule has 0 spiro atoms. The zero-order chi connectivity index (χ0) is 11.8. The van der Waals surface area contributed by atoms with Crippen LogP contribution in [0.5, 0.6) is 0 Å². The van der Waals surface area contributed by atoms with Crippen molar-refractivity contribution in [1.82, 2.24) is 4.90 Å². The van der Waals surface area contributed by atoms with E-state index in [2.05, 4.69) is 26.0 Å². The topological polar surface area (TPSA) is 69.1 Å². The van der Waals surface area contributed by atoms with Gasteiger partial charge in [0, 0.05) is 23.3 Å². The van der Waals surface area contributed by atoms with Gasteiger partial charge in [-0.1, -0.05) is 21.0 Å². The van der Waals surface area contributed by atoms with E-state index in [0.29, 0.717) is 6.42 Å². The Morgan fingerprint density at radius 2 is 2.12 bits per heavy atom. The average Bonchev–Trinajstić information content (AvgIpc) is 2.35. The molecule has 0 unspecified atom stereocenters. The fraction of sp³-hybridized carbons (Fsp3) is 0.900. The van der Waals surface area contributed by atoms with Gasteiger partial charge in [-0.15, -0.1) is 0 Å². The Morgan fingerprint density at radius 3 is 2.69 bits per heavy atom. The fourth-order valence-corrected chi connectivity index (χ4v) is 2.21. The van der Waals surface area contributed by atoms with Crippen LogP contribution in [-0.2, 0) is 4.79 Å². The molecule has 1 amide bonds. The first-order chi connectivity index (χ1) is 7.79. The molecule has 0 radical (unpaired) electrons. The van der Waals surface area contributed by atoms with Crippen molar-refractivity contribution in [2.24, 2.45) is 5.11 Å². The number of carbonyl (C=O) groups is 1. The number of hydrogen-bond donors (Lipinski definition) is 0. The maximum absolute atomic E-state index is 12.0. The molecule has 0 bridgehead atoms. The molecule has 0 aromatic heterocycles. The predicted molar refractivity (Wildman–Crippen MR) is 66.4 cm³/mol. The van der Waals surface area contributed by atoms with E-state index in [-0.39, 0.29) is 5.91 Å². The van der Waals surface area contributed by atoms with Gasteiger partial charge in [0.15, 0.2) is 0 Å². The number of piperidine rings is 1. The molecule has 1 fully saturated rings. The number of halogens is 1. The highest BCUT2D eigenvalue weighted by Crippen LogP contribution is 2.14. The number of alkyl halides is 1. The second-order valence-corrected chi connectivity index (χ2v) is 4.73. The monoisotopic (exact) mass is 288 g/mol. The van der Waals surface area contributed by atoms with Crippen LogP contribution in [0.25, 0.3) is 10.4 Å². The maximum atomic E-state index is 12.0. The molecule has 90 valence electrons. The number of amides is 1. The van der Waals surface area contributed by atoms with Crippen LogP contribution in [0.2, 0.25) is 0 Å². The summed E-state index contributed by atoms with van der Waals surface area (Å²) in [5.74, 6) is -0.00144. The third-order valence-electron chi connectivity index (χ3n) is 2.76. The zero-order valence-electron chi connectivity index (χ0n) is 9.31. The van der Waals surface area contributed by atoms with Crippen LogP contribution in [0.3, 0.4) is 0 Å². The van der Waals surface area contributed by atoms with Crippen LogP contribution in [0.15, 0.2) is 5.11 Å². The van der Waals surface area contributed by atoms with E-state index in [0.717, 1.165) is 37.7 Å². The van der Waals surface area contributed by atoms with Gasteiger partial charge >= 0.3 is 0 Å². The molecule has 0 saturated carbocycles. The lowest BCUT2D eigenvalue weighted by molar-refractivity contribution is -0.133. The second-order valence-electron chi connectivity index (χ2n) is 3.94. The first kappa shape index (κ1) is 13.3. The molecule has 1 saturated heterocycles. The van der Waals surface area contributed by atoms with E-state index >= 15 is 0 Å². The van der Waals surface area contributed by atoms with Gasteiger partial charge in [0.1, 0.15) is 6.04 Å². The van der Waals surface area contributed by atoms with Crippen molar-refractivity contribution >= 4 is 21.8 Å². The van der Waals surface area contributed by atoms with E-state index in [4.69, 9.17) is 5.53 Å². The summed E-state index contributed by atoms with van der Waals surface area (Å²) in [6.07, 6.45) is 4.80. The SMILES string of the molecule is [N-]=[N+]=N[C@@H](CCCBr)C(=O)N1CCCCC1. The van der Waals surface area contributed by atoms with Gasteiger partial charge in [-0.2, -0.15) is 0 Å². The summed E-state index contributed by atoms with van der Waals surface area (Å²) in [6.45, 7) is 1.62. The average molecular weight is 289 g/mol. The largest absolute Gasteiger partial charge is 0.342 e. The van der Waals surface area contributed by atoms with Gasteiger partial charge in [0.2, 0.25) is 5.91 Å². The Bertz CT molecular complexity index is 272. The number of hydrogen-bond acceptors (Lipinski definition) is 2. The summed E-state index contributed by atoms with van der Waals surface area (Å²) in [5.41, 5.74) is 8.46. The van der Waals surface area contributed by atoms with Crippen molar-refractivity contribution in [2.45, 2.75) is 38.1 Å². The summed E-state index contributed by atoms with van der Waals surface area (Å²) < 4.78 is 0. The molecule has 1 atom stereocenters. The van der Waals surface area contributed by atoms with Crippen molar-refractivity contribution < 1.29 is 4.79 Å². The van der Waals surface area contributed by atoms with E-state index in [1.165, 1.54) is 6.42 Å². The second kappa shape index (κ2) is 7.52. The smallest absolute Gasteiger partial charge is 0.231 e. The fourth-order valence-electron chi connectivity index (χ4n) is 1.89. The molecule has 1 aliphatic rings. The Hall–Kier alpha value is -0.740. The predicted octanol–water partition coefficient (Wildman–Crippen LogP) is 2.85. The minimum atomic E-state index is -0.513. The van der Waals surface area contributed by atoms with Crippen LogP contribution in [0.4, 0.5) is 0 Å². The lowest BCUT2D eigenvalue weighted by atomic mass is 10.1. The lowest BCUT2D eigenvalue weighted by Gasteiger charge is -2.28. The minimum absolute atomic E-state index is 0.00144. The standard InChI is InChI=1S/C10H17BrN4O/c11-6-4-5-9(13-14-12)10(16)15-7-2-1-3-8-15/h9H,1-8H2/t9-/m0/s1. The summed E-state index contributed by atoms with van der Waals surface area (Å²) in [4.78, 5) is 16.6. The van der Waals surface area contributed by atoms with Gasteiger partial charge in [-0.25, -0.2) is 0 Å². The highest BCUT2D eigenvalue weighted by molar-refractivity contribution is 9.09. The van der Waals surface area contributed by atoms with Crippen molar-refractivity contribution in [3.05, 3.63) is 10.4 Å². The van der Waals surface area contributed by atoms with Crippen LogP contribution in [0, 0.1) is 0 Å². The molecule has 0 N–H and O–H groups in total. The van der Waals surface area contributed by atoms with Gasteiger partial charge in [0.25, 0.3) is 0 Å². The van der Waals surface area contributed by atoms with Gasteiger partial charge in [-0.3, -0.25) is 4.79 Å². The Morgan fingerprint density at radius 1 is 1.44 bits per heavy atom. The van der Waals surface area contributed by atoms with Crippen LogP contribution in [0.1, 0.15) is 32.1 Å². The molecule has 5 nitrogen and oxygen atoms in total. The number of azide groups is 1. The van der Waals surface area contributed by atoms with E-state index < -0.39 is 6.04 Å².